The number of benzene rings is 3. The van der Waals surface area contributed by atoms with E-state index in [9.17, 15) is 9.59 Å². The van der Waals surface area contributed by atoms with Crippen LogP contribution in [0.3, 0.4) is 0 Å². The number of hydrogen-bond acceptors (Lipinski definition) is 5. The number of likely N-dealkylation sites (N-methyl/N-ethyl adjacent to an activating group) is 1. The normalized spacial score (nSPS) is 22.1. The maximum Gasteiger partial charge on any atom is 0.407 e. The molecule has 5 rings (SSSR count). The first-order valence-corrected chi connectivity index (χ1v) is 13.5. The van der Waals surface area contributed by atoms with E-state index in [1.165, 1.54) is 4.90 Å². The van der Waals surface area contributed by atoms with Crippen LogP contribution in [-0.4, -0.2) is 62.5 Å². The smallest absolute Gasteiger partial charge is 0.385 e. The van der Waals surface area contributed by atoms with E-state index in [0.717, 1.165) is 15.9 Å². The Kier molecular flexibility index (Phi) is 6.49. The topological polar surface area (TPSA) is 58.9 Å². The van der Waals surface area contributed by atoms with Crippen LogP contribution < -0.4 is 10.4 Å². The molecular weight excluding hydrogens is 456 g/mol. The molecule has 35 heavy (non-hydrogen) atoms. The van der Waals surface area contributed by atoms with Gasteiger partial charge in [-0.2, -0.15) is 0 Å². The number of piperazine rings is 1. The molecule has 3 aromatic rings. The van der Waals surface area contributed by atoms with Crippen LogP contribution in [0.5, 0.6) is 0 Å². The number of rotatable bonds is 10. The molecule has 0 radical (unpaired) electrons. The first kappa shape index (κ1) is 23.4. The lowest BCUT2D eigenvalue weighted by Gasteiger charge is -2.35. The molecule has 0 spiro atoms. The quantitative estimate of drug-likeness (QED) is 0.191. The second-order valence-corrected chi connectivity index (χ2v) is 11.8. The van der Waals surface area contributed by atoms with Gasteiger partial charge in [0, 0.05) is 0 Å². The monoisotopic (exact) mass is 484 g/mol. The van der Waals surface area contributed by atoms with Gasteiger partial charge in [0.05, 0.1) is 19.3 Å². The van der Waals surface area contributed by atoms with E-state index in [0.29, 0.717) is 6.61 Å². The van der Waals surface area contributed by atoms with Crippen LogP contribution in [-0.2, 0) is 18.4 Å². The summed E-state index contributed by atoms with van der Waals surface area (Å²) in [5.74, 6) is -0.336. The van der Waals surface area contributed by atoms with E-state index in [1.54, 1.807) is 6.08 Å². The Bertz CT molecular complexity index is 1140. The molecule has 3 aromatic carbocycles. The first-order chi connectivity index (χ1) is 17.1. The number of carbonyl (C=O) groups is 2. The van der Waals surface area contributed by atoms with Crippen LogP contribution >= 0.6 is 0 Å². The molecule has 2 saturated heterocycles. The Morgan fingerprint density at radius 1 is 0.829 bits per heavy atom. The third kappa shape index (κ3) is 4.17. The maximum atomic E-state index is 13.2. The number of likely N-dealkylation sites (tertiary alicyclic amines) is 1. The number of carbonyl (C=O) groups excluding carboxylic acids is 2. The third-order valence-corrected chi connectivity index (χ3v) is 10.1. The molecule has 0 aliphatic carbocycles. The summed E-state index contributed by atoms with van der Waals surface area (Å²) >= 11 is 0. The number of hydrogen-bond donors (Lipinski definition) is 0. The van der Waals surface area contributed by atoms with Crippen molar-refractivity contribution >= 4 is 30.7 Å². The fourth-order valence-electron chi connectivity index (χ4n) is 4.88. The molecule has 178 valence electrons. The lowest BCUT2D eigenvalue weighted by atomic mass is 10.1. The highest BCUT2D eigenvalue weighted by Gasteiger charge is 2.65. The summed E-state index contributed by atoms with van der Waals surface area (Å²) in [4.78, 5) is 29.6. The Hall–Kier alpha value is -3.36. The van der Waals surface area contributed by atoms with Crippen LogP contribution in [0.4, 0.5) is 0 Å². The van der Waals surface area contributed by atoms with Gasteiger partial charge in [-0.15, -0.1) is 6.58 Å². The van der Waals surface area contributed by atoms with Gasteiger partial charge in [0.25, 0.3) is 0 Å². The summed E-state index contributed by atoms with van der Waals surface area (Å²) < 4.78 is 13.3. The van der Waals surface area contributed by atoms with Crippen molar-refractivity contribution in [2.45, 2.75) is 18.1 Å². The molecule has 2 heterocycles. The van der Waals surface area contributed by atoms with E-state index >= 15 is 0 Å². The van der Waals surface area contributed by atoms with Crippen LogP contribution in [0.1, 0.15) is 11.6 Å². The van der Waals surface area contributed by atoms with Gasteiger partial charge in [0.2, 0.25) is 11.8 Å². The van der Waals surface area contributed by atoms with Crippen molar-refractivity contribution in [2.24, 2.45) is 0 Å². The van der Waals surface area contributed by atoms with Crippen LogP contribution in [0.15, 0.2) is 104 Å². The average Bonchev–Trinajstić information content (AvgIpc) is 3.51. The highest BCUT2D eigenvalue weighted by molar-refractivity contribution is 6.92. The average molecular weight is 485 g/mol. The van der Waals surface area contributed by atoms with Crippen LogP contribution in [0.25, 0.3) is 0 Å². The number of imide groups is 1. The number of amides is 2. The third-order valence-electron chi connectivity index (χ3n) is 6.72. The number of fused-ring (bicyclic) bond motifs is 1. The molecule has 2 unspecified atom stereocenters. The van der Waals surface area contributed by atoms with Crippen LogP contribution in [0.2, 0.25) is 0 Å². The highest BCUT2D eigenvalue weighted by Crippen LogP contribution is 2.40. The lowest BCUT2D eigenvalue weighted by molar-refractivity contribution is -0.146. The molecule has 2 fully saturated rings. The van der Waals surface area contributed by atoms with Crippen LogP contribution in [0, 0.1) is 0 Å². The van der Waals surface area contributed by atoms with Gasteiger partial charge in [-0.25, -0.2) is 0 Å². The largest absolute Gasteiger partial charge is 0.407 e. The van der Waals surface area contributed by atoms with E-state index in [-0.39, 0.29) is 30.5 Å². The van der Waals surface area contributed by atoms with Gasteiger partial charge in [-0.05, 0) is 23.0 Å². The predicted molar refractivity (Wildman–Crippen MR) is 136 cm³/mol. The van der Waals surface area contributed by atoms with E-state index < -0.39 is 14.6 Å². The number of nitrogens with zero attached hydrogens (tertiary/aromatic N) is 2. The second kappa shape index (κ2) is 9.71. The molecule has 0 aromatic heterocycles. The maximum absolute atomic E-state index is 13.2. The summed E-state index contributed by atoms with van der Waals surface area (Å²) in [6.07, 6.45) is 1.71. The Morgan fingerprint density at radius 3 is 1.80 bits per heavy atom. The molecule has 0 bridgehead atoms. The predicted octanol–water partition coefficient (Wildman–Crippen LogP) is 2.25. The van der Waals surface area contributed by atoms with Crippen molar-refractivity contribution in [2.75, 3.05) is 20.3 Å². The zero-order valence-corrected chi connectivity index (χ0v) is 20.6. The zero-order valence-electron chi connectivity index (χ0n) is 19.6. The fourth-order valence-corrected chi connectivity index (χ4v) is 7.97. The van der Waals surface area contributed by atoms with Crippen molar-refractivity contribution in [3.63, 3.8) is 0 Å². The van der Waals surface area contributed by atoms with Crippen molar-refractivity contribution in [3.8, 4) is 0 Å². The minimum atomic E-state index is -3.21. The standard InChI is InChI=1S/C28H28N2O4Si/c1-3-19-33-35(22-15-9-5-10-16-22,23-17-11-6-12-18-23)34-20-24(21-13-7-4-8-14-21)30-27(31)25-26(28(30)32)29(25)2/h3-18,24-26H,1,19-20H2,2H3/t24-,25?,26?,29?/m0/s1. The molecule has 2 aliphatic heterocycles. The van der Waals surface area contributed by atoms with Crippen molar-refractivity contribution in [1.29, 1.82) is 0 Å². The molecule has 7 heteroatoms. The zero-order chi connectivity index (χ0) is 24.4. The van der Waals surface area contributed by atoms with Gasteiger partial charge in [0.15, 0.2) is 0 Å². The Balaban J connectivity index is 1.54. The van der Waals surface area contributed by atoms with Gasteiger partial charge in [-0.3, -0.25) is 19.4 Å². The van der Waals surface area contributed by atoms with Gasteiger partial charge in [-0.1, -0.05) is 97.1 Å². The Labute approximate surface area is 206 Å². The first-order valence-electron chi connectivity index (χ1n) is 11.7. The molecule has 6 nitrogen and oxygen atoms in total. The summed E-state index contributed by atoms with van der Waals surface area (Å²) in [5.41, 5.74) is 0.853. The highest BCUT2D eigenvalue weighted by atomic mass is 28.4. The summed E-state index contributed by atoms with van der Waals surface area (Å²) in [6.45, 7) is 4.27. The molecule has 0 saturated carbocycles. The summed E-state index contributed by atoms with van der Waals surface area (Å²) in [6, 6.07) is 28.1. The van der Waals surface area contributed by atoms with Crippen molar-refractivity contribution in [1.82, 2.24) is 9.80 Å². The van der Waals surface area contributed by atoms with Crippen molar-refractivity contribution < 1.29 is 18.4 Å². The molecule has 0 N–H and O–H groups in total. The van der Waals surface area contributed by atoms with Crippen molar-refractivity contribution in [3.05, 3.63) is 109 Å². The van der Waals surface area contributed by atoms with E-state index in [2.05, 4.69) is 6.58 Å². The van der Waals surface area contributed by atoms with E-state index in [1.807, 2.05) is 103 Å². The van der Waals surface area contributed by atoms with E-state index in [4.69, 9.17) is 8.85 Å². The molecule has 2 amide bonds. The summed E-state index contributed by atoms with van der Waals surface area (Å²) in [5, 5.41) is 1.89. The lowest BCUT2D eigenvalue weighted by Crippen LogP contribution is -2.64. The second-order valence-electron chi connectivity index (χ2n) is 8.79. The van der Waals surface area contributed by atoms with Gasteiger partial charge >= 0.3 is 8.56 Å². The molecule has 3 atom stereocenters. The Morgan fingerprint density at radius 2 is 1.31 bits per heavy atom. The van der Waals surface area contributed by atoms with Gasteiger partial charge in [0.1, 0.15) is 12.1 Å². The van der Waals surface area contributed by atoms with Gasteiger partial charge < -0.3 is 8.85 Å². The fraction of sp³-hybridized carbons (Fsp3) is 0.214. The molecule has 2 aliphatic rings. The minimum Gasteiger partial charge on any atom is -0.385 e. The minimum absolute atomic E-state index is 0.123. The molecular formula is C28H28N2O4Si. The SMILES string of the molecule is C=CCO[Si](OC[C@@H](c1ccccc1)N1C(=O)C2C(C1=O)N2C)(c1ccccc1)c1ccccc1. The summed E-state index contributed by atoms with van der Waals surface area (Å²) in [7, 11) is -1.40.